The molecule has 4 nitrogen and oxygen atoms in total. The summed E-state index contributed by atoms with van der Waals surface area (Å²) in [6.45, 7) is 4.00. The van der Waals surface area contributed by atoms with Gasteiger partial charge in [-0.15, -0.1) is 24.8 Å². The van der Waals surface area contributed by atoms with Crippen molar-refractivity contribution in [3.05, 3.63) is 59.9 Å². The number of likely N-dealkylation sites (N-methyl/N-ethyl adjacent to an activating group) is 1. The van der Waals surface area contributed by atoms with Gasteiger partial charge < -0.3 is 15.1 Å². The van der Waals surface area contributed by atoms with Crippen LogP contribution in [0.1, 0.15) is 17.9 Å². The first kappa shape index (κ1) is 23.6. The van der Waals surface area contributed by atoms with Crippen molar-refractivity contribution in [2.24, 2.45) is 0 Å². The number of halogens is 3. The number of benzene rings is 2. The fourth-order valence-corrected chi connectivity index (χ4v) is 3.74. The van der Waals surface area contributed by atoms with E-state index >= 15 is 0 Å². The molecule has 2 aromatic rings. The Morgan fingerprint density at radius 3 is 2.10 bits per heavy atom. The van der Waals surface area contributed by atoms with Crippen LogP contribution in [0.15, 0.2) is 48.5 Å². The van der Waals surface area contributed by atoms with E-state index in [9.17, 15) is 9.18 Å². The Morgan fingerprint density at radius 2 is 1.52 bits per heavy atom. The number of amides is 1. The van der Waals surface area contributed by atoms with Crippen molar-refractivity contribution in [3.8, 4) is 11.1 Å². The third-order valence-electron chi connectivity index (χ3n) is 5.68. The van der Waals surface area contributed by atoms with Crippen molar-refractivity contribution in [1.82, 2.24) is 15.1 Å². The van der Waals surface area contributed by atoms with Crippen molar-refractivity contribution in [2.75, 3.05) is 39.8 Å². The van der Waals surface area contributed by atoms with Crippen LogP contribution in [-0.4, -0.2) is 61.5 Å². The molecule has 29 heavy (non-hydrogen) atoms. The number of rotatable bonds is 5. The fraction of sp³-hybridized carbons (Fsp3) is 0.409. The summed E-state index contributed by atoms with van der Waals surface area (Å²) in [7, 11) is 2.09. The molecular weight excluding hydrogens is 412 g/mol. The van der Waals surface area contributed by atoms with Crippen molar-refractivity contribution in [3.63, 3.8) is 0 Å². The topological polar surface area (TPSA) is 35.6 Å². The highest BCUT2D eigenvalue weighted by molar-refractivity contribution is 5.85. The molecular formula is C22H28Cl2FN3O. The molecule has 0 radical (unpaired) electrons. The highest BCUT2D eigenvalue weighted by Gasteiger charge is 2.38. The second-order valence-corrected chi connectivity index (χ2v) is 7.64. The first-order valence-corrected chi connectivity index (χ1v) is 9.66. The maximum Gasteiger partial charge on any atom is 0.236 e. The molecule has 158 valence electrons. The molecule has 2 atom stereocenters. The Balaban J connectivity index is 0.00000150. The summed E-state index contributed by atoms with van der Waals surface area (Å²) in [5.41, 5.74) is 3.41. The number of carbonyl (C=O) groups excluding carboxylic acids is 1. The molecule has 0 bridgehead atoms. The monoisotopic (exact) mass is 439 g/mol. The van der Waals surface area contributed by atoms with Gasteiger partial charge in [0.05, 0.1) is 6.54 Å². The van der Waals surface area contributed by atoms with E-state index in [-0.39, 0.29) is 36.5 Å². The third-order valence-corrected chi connectivity index (χ3v) is 5.68. The standard InChI is InChI=1S/C22H26FN3O.2ClH/c1-25-10-12-26(13-11-25)22(27)15-24-21-14-20(21)18-4-2-16(3-5-18)17-6-8-19(23)9-7-17;;/h2-9,20-21,24H,10-15H2,1H3;2*1H/t20-,21+;;/m0../s1. The lowest BCUT2D eigenvalue weighted by molar-refractivity contribution is -0.131. The predicted octanol–water partition coefficient (Wildman–Crippen LogP) is 3.56. The quantitative estimate of drug-likeness (QED) is 0.773. The average molecular weight is 440 g/mol. The zero-order chi connectivity index (χ0) is 18.8. The van der Waals surface area contributed by atoms with Crippen LogP contribution in [0.5, 0.6) is 0 Å². The molecule has 4 rings (SSSR count). The number of carbonyl (C=O) groups is 1. The number of nitrogens with one attached hydrogen (secondary N) is 1. The lowest BCUT2D eigenvalue weighted by Crippen LogP contribution is -2.49. The number of nitrogens with zero attached hydrogens (tertiary/aromatic N) is 2. The fourth-order valence-electron chi connectivity index (χ4n) is 3.74. The van der Waals surface area contributed by atoms with Gasteiger partial charge in [0.25, 0.3) is 0 Å². The van der Waals surface area contributed by atoms with Crippen molar-refractivity contribution in [2.45, 2.75) is 18.4 Å². The van der Waals surface area contributed by atoms with Crippen LogP contribution in [-0.2, 0) is 4.79 Å². The predicted molar refractivity (Wildman–Crippen MR) is 120 cm³/mol. The minimum Gasteiger partial charge on any atom is -0.339 e. The van der Waals surface area contributed by atoms with E-state index in [0.717, 1.165) is 43.7 Å². The van der Waals surface area contributed by atoms with E-state index in [0.29, 0.717) is 18.5 Å². The van der Waals surface area contributed by atoms with Crippen LogP contribution in [0.3, 0.4) is 0 Å². The molecule has 1 heterocycles. The molecule has 0 unspecified atom stereocenters. The van der Waals surface area contributed by atoms with E-state index in [1.165, 1.54) is 17.7 Å². The molecule has 2 aliphatic rings. The van der Waals surface area contributed by atoms with Gasteiger partial charge in [0.2, 0.25) is 5.91 Å². The molecule has 7 heteroatoms. The summed E-state index contributed by atoms with van der Waals surface area (Å²) in [5.74, 6) is 0.473. The molecule has 0 spiro atoms. The van der Waals surface area contributed by atoms with Gasteiger partial charge in [0.15, 0.2) is 0 Å². The van der Waals surface area contributed by atoms with Crippen LogP contribution in [0.25, 0.3) is 11.1 Å². The first-order valence-electron chi connectivity index (χ1n) is 9.66. The summed E-state index contributed by atoms with van der Waals surface area (Å²) >= 11 is 0. The van der Waals surface area contributed by atoms with Crippen LogP contribution in [0, 0.1) is 5.82 Å². The van der Waals surface area contributed by atoms with Gasteiger partial charge in [0, 0.05) is 38.1 Å². The third kappa shape index (κ3) is 5.92. The first-order chi connectivity index (χ1) is 13.1. The molecule has 1 aliphatic heterocycles. The molecule has 1 saturated heterocycles. The Labute approximate surface area is 184 Å². The molecule has 2 fully saturated rings. The zero-order valence-corrected chi connectivity index (χ0v) is 18.1. The molecule has 1 N–H and O–H groups in total. The zero-order valence-electron chi connectivity index (χ0n) is 16.5. The highest BCUT2D eigenvalue weighted by atomic mass is 35.5. The van der Waals surface area contributed by atoms with Crippen LogP contribution < -0.4 is 5.32 Å². The smallest absolute Gasteiger partial charge is 0.236 e. The SMILES string of the molecule is CN1CCN(C(=O)CN[C@@H]2C[C@H]2c2ccc(-c3ccc(F)cc3)cc2)CC1.Cl.Cl. The molecule has 0 aromatic heterocycles. The normalized spacial score (nSPS) is 21.1. The molecule has 2 aromatic carbocycles. The molecule has 1 saturated carbocycles. The van der Waals surface area contributed by atoms with Crippen LogP contribution >= 0.6 is 24.8 Å². The van der Waals surface area contributed by atoms with E-state index < -0.39 is 0 Å². The van der Waals surface area contributed by atoms with Gasteiger partial charge in [-0.1, -0.05) is 36.4 Å². The van der Waals surface area contributed by atoms with E-state index in [1.807, 2.05) is 4.90 Å². The van der Waals surface area contributed by atoms with Crippen molar-refractivity contribution < 1.29 is 9.18 Å². The lowest BCUT2D eigenvalue weighted by atomic mass is 10.0. The van der Waals surface area contributed by atoms with E-state index in [2.05, 4.69) is 41.5 Å². The minimum atomic E-state index is -0.214. The second kappa shape index (κ2) is 10.4. The summed E-state index contributed by atoms with van der Waals surface area (Å²) in [4.78, 5) is 16.5. The summed E-state index contributed by atoms with van der Waals surface area (Å²) in [6, 6.07) is 15.4. The van der Waals surface area contributed by atoms with E-state index in [4.69, 9.17) is 0 Å². The Hall–Kier alpha value is -1.66. The van der Waals surface area contributed by atoms with Gasteiger partial charge in [-0.05, 0) is 42.3 Å². The number of hydrogen-bond acceptors (Lipinski definition) is 3. The van der Waals surface area contributed by atoms with Crippen LogP contribution in [0.4, 0.5) is 4.39 Å². The largest absolute Gasteiger partial charge is 0.339 e. The average Bonchev–Trinajstić information content (AvgIpc) is 3.47. The highest BCUT2D eigenvalue weighted by Crippen LogP contribution is 2.41. The summed E-state index contributed by atoms with van der Waals surface area (Å²) < 4.78 is 13.1. The maximum atomic E-state index is 13.1. The number of piperazine rings is 1. The van der Waals surface area contributed by atoms with Gasteiger partial charge >= 0.3 is 0 Å². The van der Waals surface area contributed by atoms with Gasteiger partial charge in [-0.25, -0.2) is 4.39 Å². The Morgan fingerprint density at radius 1 is 0.966 bits per heavy atom. The Kier molecular flexibility index (Phi) is 8.46. The van der Waals surface area contributed by atoms with Gasteiger partial charge in [-0.2, -0.15) is 0 Å². The van der Waals surface area contributed by atoms with Gasteiger partial charge in [-0.3, -0.25) is 4.79 Å². The maximum absolute atomic E-state index is 13.1. The Bertz CT molecular complexity index is 793. The summed E-state index contributed by atoms with van der Waals surface area (Å²) in [6.07, 6.45) is 1.08. The minimum absolute atomic E-state index is 0. The molecule has 1 aliphatic carbocycles. The van der Waals surface area contributed by atoms with Gasteiger partial charge in [0.1, 0.15) is 5.82 Å². The summed E-state index contributed by atoms with van der Waals surface area (Å²) in [5, 5.41) is 3.42. The second-order valence-electron chi connectivity index (χ2n) is 7.64. The molecule has 1 amide bonds. The number of hydrogen-bond donors (Lipinski definition) is 1. The van der Waals surface area contributed by atoms with Crippen molar-refractivity contribution in [1.29, 1.82) is 0 Å². The van der Waals surface area contributed by atoms with Crippen molar-refractivity contribution >= 4 is 30.7 Å². The lowest BCUT2D eigenvalue weighted by Gasteiger charge is -2.32. The van der Waals surface area contributed by atoms with Crippen LogP contribution in [0.2, 0.25) is 0 Å². The van der Waals surface area contributed by atoms with E-state index in [1.54, 1.807) is 12.1 Å².